The number of hydrogen-bond acceptors (Lipinski definition) is 10. The van der Waals surface area contributed by atoms with Crippen LogP contribution in [0.1, 0.15) is 70.2 Å². The van der Waals surface area contributed by atoms with Crippen molar-refractivity contribution in [2.75, 3.05) is 52.1 Å². The molecule has 0 saturated carbocycles. The average Bonchev–Trinajstić information content (AvgIpc) is 3.67. The first-order chi connectivity index (χ1) is 25.2. The van der Waals surface area contributed by atoms with E-state index in [1.165, 1.54) is 16.4 Å². The lowest BCUT2D eigenvalue weighted by atomic mass is 10.0. The van der Waals surface area contributed by atoms with Gasteiger partial charge in [0.05, 0.1) is 30.2 Å². The summed E-state index contributed by atoms with van der Waals surface area (Å²) in [6.07, 6.45) is -1.98. The first-order valence-electron chi connectivity index (χ1n) is 18.1. The third-order valence-corrected chi connectivity index (χ3v) is 12.1. The Morgan fingerprint density at radius 3 is 2.41 bits per heavy atom. The molecule has 4 heterocycles. The number of amides is 3. The number of likely N-dealkylation sites (N-methyl/N-ethyl adjacent to an activating group) is 1. The van der Waals surface area contributed by atoms with Crippen LogP contribution in [0.15, 0.2) is 23.1 Å². The minimum Gasteiger partial charge on any atom is -0.444 e. The van der Waals surface area contributed by atoms with Crippen LogP contribution in [0.3, 0.4) is 0 Å². The summed E-state index contributed by atoms with van der Waals surface area (Å²) < 4.78 is 77.4. The number of rotatable bonds is 12. The molecule has 0 bridgehead atoms. The molecule has 3 aliphatic rings. The number of aliphatic hydroxyl groups is 1. The topological polar surface area (TPSA) is 158 Å². The number of aliphatic hydroxyl groups excluding tert-OH is 1. The van der Waals surface area contributed by atoms with Crippen LogP contribution in [-0.2, 0) is 50.0 Å². The fourth-order valence-corrected chi connectivity index (χ4v) is 8.88. The summed E-state index contributed by atoms with van der Waals surface area (Å²) in [4.78, 5) is 41.2. The number of ether oxygens (including phenoxy) is 1. The lowest BCUT2D eigenvalue weighted by Gasteiger charge is -2.37. The van der Waals surface area contributed by atoms with Crippen LogP contribution in [0.25, 0.3) is 11.3 Å². The molecule has 54 heavy (non-hydrogen) atoms. The van der Waals surface area contributed by atoms with Gasteiger partial charge in [-0.3, -0.25) is 18.6 Å². The monoisotopic (exact) mass is 801 g/mol. The highest BCUT2D eigenvalue weighted by molar-refractivity contribution is 7.97. The SMILES string of the molecule is CCN(Sc1cc(-c2nn(CC(O)CN3CCC(N4CCCC4=O)CC3)c3c2CN(S(C)(=O)=O)CC3)ccc1C(F)(F)F)C(=O)CNC(=O)OC(C)(C)C. The van der Waals surface area contributed by atoms with E-state index in [1.807, 2.05) is 4.90 Å². The van der Waals surface area contributed by atoms with E-state index < -0.39 is 52.0 Å². The number of sulfonamides is 1. The molecule has 2 saturated heterocycles. The van der Waals surface area contributed by atoms with Gasteiger partial charge in [0.25, 0.3) is 5.91 Å². The average molecular weight is 802 g/mol. The van der Waals surface area contributed by atoms with E-state index in [9.17, 15) is 41.1 Å². The lowest BCUT2D eigenvalue weighted by molar-refractivity contribution is -0.140. The molecule has 1 aromatic heterocycles. The number of β-amino-alcohol motifs (C(OH)–C–C–N with tert-alkyl or cyclic N) is 1. The van der Waals surface area contributed by atoms with Gasteiger partial charge in [-0.25, -0.2) is 13.2 Å². The Balaban J connectivity index is 1.38. The van der Waals surface area contributed by atoms with Crippen LogP contribution in [0.4, 0.5) is 18.0 Å². The van der Waals surface area contributed by atoms with Crippen molar-refractivity contribution in [1.82, 2.24) is 33.5 Å². The second kappa shape index (κ2) is 16.8. The van der Waals surface area contributed by atoms with Gasteiger partial charge in [-0.15, -0.1) is 0 Å². The van der Waals surface area contributed by atoms with Crippen molar-refractivity contribution >= 4 is 39.9 Å². The number of alkyl halides is 3. The summed E-state index contributed by atoms with van der Waals surface area (Å²) in [6.45, 7) is 8.84. The summed E-state index contributed by atoms with van der Waals surface area (Å²) in [5.74, 6) is -0.454. The third kappa shape index (κ3) is 10.5. The van der Waals surface area contributed by atoms with Crippen molar-refractivity contribution < 1.29 is 45.8 Å². The molecular weight excluding hydrogens is 752 g/mol. The van der Waals surface area contributed by atoms with Crippen LogP contribution >= 0.6 is 11.9 Å². The van der Waals surface area contributed by atoms with Crippen molar-refractivity contribution in [2.24, 2.45) is 0 Å². The number of likely N-dealkylation sites (tertiary alicyclic amines) is 2. The number of benzene rings is 1. The van der Waals surface area contributed by atoms with Crippen LogP contribution in [-0.4, -0.2) is 129 Å². The number of carbonyl (C=O) groups is 3. The lowest BCUT2D eigenvalue weighted by Crippen LogP contribution is -2.47. The van der Waals surface area contributed by atoms with E-state index in [-0.39, 0.29) is 60.7 Å². The number of halogens is 3. The van der Waals surface area contributed by atoms with Gasteiger partial charge >= 0.3 is 12.3 Å². The van der Waals surface area contributed by atoms with Crippen LogP contribution in [0.2, 0.25) is 0 Å². The maximum absolute atomic E-state index is 14.3. The van der Waals surface area contributed by atoms with Crippen LogP contribution in [0, 0.1) is 0 Å². The molecule has 2 fully saturated rings. The Morgan fingerprint density at radius 1 is 1.11 bits per heavy atom. The Hall–Kier alpha value is -3.39. The second-order valence-electron chi connectivity index (χ2n) is 14.9. The van der Waals surface area contributed by atoms with Gasteiger partial charge in [0, 0.05) is 86.4 Å². The predicted octanol–water partition coefficient (Wildman–Crippen LogP) is 3.71. The van der Waals surface area contributed by atoms with Gasteiger partial charge in [0.2, 0.25) is 15.9 Å². The molecule has 14 nitrogen and oxygen atoms in total. The molecule has 300 valence electrons. The number of fused-ring (bicyclic) bond motifs is 1. The first kappa shape index (κ1) is 41.8. The number of alkyl carbamates (subject to hydrolysis) is 1. The first-order valence-corrected chi connectivity index (χ1v) is 20.8. The number of piperidine rings is 1. The van der Waals surface area contributed by atoms with Gasteiger partial charge in [-0.1, -0.05) is 6.07 Å². The van der Waals surface area contributed by atoms with Crippen LogP contribution < -0.4 is 5.32 Å². The maximum Gasteiger partial charge on any atom is 0.417 e. The Labute approximate surface area is 318 Å². The molecule has 3 amide bonds. The summed E-state index contributed by atoms with van der Waals surface area (Å²) in [7, 11) is -3.62. The zero-order valence-electron chi connectivity index (χ0n) is 31.3. The van der Waals surface area contributed by atoms with Gasteiger partial charge in [-0.05, 0) is 71.0 Å². The Bertz CT molecular complexity index is 1810. The molecule has 0 spiro atoms. The van der Waals surface area contributed by atoms with Crippen molar-refractivity contribution in [2.45, 2.75) is 102 Å². The number of nitrogens with one attached hydrogen (secondary N) is 1. The molecule has 2 N–H and O–H groups in total. The summed E-state index contributed by atoms with van der Waals surface area (Å²) in [6, 6.07) is 3.66. The van der Waals surface area contributed by atoms with Crippen molar-refractivity contribution in [3.8, 4) is 11.3 Å². The van der Waals surface area contributed by atoms with Gasteiger partial charge in [-0.2, -0.15) is 22.6 Å². The fourth-order valence-electron chi connectivity index (χ4n) is 7.10. The smallest absolute Gasteiger partial charge is 0.417 e. The van der Waals surface area contributed by atoms with E-state index in [0.717, 1.165) is 55.5 Å². The Morgan fingerprint density at radius 2 is 1.81 bits per heavy atom. The Kier molecular flexibility index (Phi) is 13.0. The number of carbonyl (C=O) groups excluding carboxylic acids is 3. The second-order valence-corrected chi connectivity index (χ2v) is 18.0. The molecule has 3 aliphatic heterocycles. The highest BCUT2D eigenvalue weighted by Gasteiger charge is 2.37. The summed E-state index contributed by atoms with van der Waals surface area (Å²) in [5, 5.41) is 18.4. The molecule has 5 rings (SSSR count). The predicted molar refractivity (Wildman–Crippen MR) is 196 cm³/mol. The maximum atomic E-state index is 14.3. The van der Waals surface area contributed by atoms with Crippen molar-refractivity contribution in [3.05, 3.63) is 35.0 Å². The van der Waals surface area contributed by atoms with Crippen molar-refractivity contribution in [3.63, 3.8) is 0 Å². The molecular formula is C35H50F3N7O7S2. The quantitative estimate of drug-likeness (QED) is 0.304. The molecule has 0 aliphatic carbocycles. The fraction of sp³-hybridized carbons (Fsp3) is 0.657. The number of nitrogens with zero attached hydrogens (tertiary/aromatic N) is 6. The number of aromatic nitrogens is 2. The van der Waals surface area contributed by atoms with E-state index in [0.29, 0.717) is 36.2 Å². The molecule has 1 aromatic carbocycles. The van der Waals surface area contributed by atoms with Gasteiger partial charge in [0.1, 0.15) is 12.1 Å². The zero-order valence-corrected chi connectivity index (χ0v) is 32.9. The molecule has 0 radical (unpaired) electrons. The van der Waals surface area contributed by atoms with E-state index in [2.05, 4.69) is 10.2 Å². The largest absolute Gasteiger partial charge is 0.444 e. The zero-order chi connectivity index (χ0) is 39.6. The highest BCUT2D eigenvalue weighted by Crippen LogP contribution is 2.41. The van der Waals surface area contributed by atoms with E-state index in [4.69, 9.17) is 9.84 Å². The van der Waals surface area contributed by atoms with E-state index in [1.54, 1.807) is 32.4 Å². The minimum atomic E-state index is -4.77. The minimum absolute atomic E-state index is 0.0142. The van der Waals surface area contributed by atoms with Gasteiger partial charge < -0.3 is 25.0 Å². The molecule has 1 unspecified atom stereocenters. The van der Waals surface area contributed by atoms with Crippen LogP contribution in [0.5, 0.6) is 0 Å². The van der Waals surface area contributed by atoms with E-state index >= 15 is 0 Å². The number of hydrogen-bond donors (Lipinski definition) is 2. The molecule has 19 heteroatoms. The highest BCUT2D eigenvalue weighted by atomic mass is 32.2. The normalized spacial score (nSPS) is 18.5. The molecule has 2 aromatic rings. The summed E-state index contributed by atoms with van der Waals surface area (Å²) >= 11 is 0.575. The third-order valence-electron chi connectivity index (χ3n) is 9.65. The van der Waals surface area contributed by atoms with Gasteiger partial charge in [0.15, 0.2) is 0 Å². The molecule has 1 atom stereocenters. The van der Waals surface area contributed by atoms with Crippen molar-refractivity contribution in [1.29, 1.82) is 0 Å². The standard InChI is InChI=1S/C35H50F3N7O7S2/c1-6-45(31(48)19-39-33(49)52-34(2,3)4)53-29-18-23(9-10-27(29)35(36,37)38)32-26-22-42(54(5,50)51)17-13-28(26)44(40-32)21-25(46)20-41-15-11-24(12-16-41)43-14-7-8-30(43)47/h9-10,18,24-25,46H,6-8,11-17,19-22H2,1-5H3,(H,39,49). The summed E-state index contributed by atoms with van der Waals surface area (Å²) in [5.41, 5.74) is -0.0387.